The molecule has 0 fully saturated rings. The van der Waals surface area contributed by atoms with Crippen LogP contribution >= 0.6 is 0 Å². The van der Waals surface area contributed by atoms with Crippen LogP contribution in [0.1, 0.15) is 20.8 Å². The number of likely N-dealkylation sites (N-methyl/N-ethyl adjacent to an activating group) is 1. The van der Waals surface area contributed by atoms with E-state index in [9.17, 15) is 0 Å². The molecule has 6 heteroatoms. The number of rotatable bonds is 4. The first kappa shape index (κ1) is 13.7. The van der Waals surface area contributed by atoms with Crippen LogP contribution in [0.3, 0.4) is 0 Å². The van der Waals surface area contributed by atoms with Crippen LogP contribution in [-0.4, -0.2) is 51.8 Å². The Morgan fingerprint density at radius 2 is 2.00 bits per heavy atom. The predicted octanol–water partition coefficient (Wildman–Crippen LogP) is 1.55. The molecule has 0 aliphatic rings. The first-order chi connectivity index (χ1) is 8.89. The molecule has 0 aromatic carbocycles. The maximum Gasteiger partial charge on any atom is 0.163 e. The number of anilines is 1. The second-order valence-electron chi connectivity index (χ2n) is 5.92. The third-order valence-electron chi connectivity index (χ3n) is 2.85. The molecule has 104 valence electrons. The molecule has 0 radical (unpaired) electrons. The summed E-state index contributed by atoms with van der Waals surface area (Å²) in [5.74, 6) is 0.849. The largest absolute Gasteiger partial charge is 0.368 e. The van der Waals surface area contributed by atoms with Crippen LogP contribution in [0.15, 0.2) is 12.5 Å². The summed E-state index contributed by atoms with van der Waals surface area (Å²) in [6, 6.07) is 0. The summed E-state index contributed by atoms with van der Waals surface area (Å²) in [5, 5.41) is 8.74. The number of aromatic nitrogens is 4. The monoisotopic (exact) mass is 262 g/mol. The summed E-state index contributed by atoms with van der Waals surface area (Å²) in [7, 11) is 4.10. The molecule has 19 heavy (non-hydrogen) atoms. The fourth-order valence-corrected chi connectivity index (χ4v) is 1.87. The highest BCUT2D eigenvalue weighted by Crippen LogP contribution is 2.23. The van der Waals surface area contributed by atoms with Crippen molar-refractivity contribution in [3.63, 3.8) is 0 Å². The molecule has 2 rings (SSSR count). The molecule has 0 unspecified atom stereocenters. The molecule has 0 atom stereocenters. The van der Waals surface area contributed by atoms with Crippen molar-refractivity contribution in [3.8, 4) is 0 Å². The summed E-state index contributed by atoms with van der Waals surface area (Å²) in [5.41, 5.74) is 0.784. The van der Waals surface area contributed by atoms with E-state index in [1.165, 1.54) is 0 Å². The Bertz CT molecular complexity index is 552. The molecule has 6 nitrogen and oxygen atoms in total. The van der Waals surface area contributed by atoms with E-state index in [-0.39, 0.29) is 5.54 Å². The smallest absolute Gasteiger partial charge is 0.163 e. The third-order valence-corrected chi connectivity index (χ3v) is 2.85. The van der Waals surface area contributed by atoms with E-state index >= 15 is 0 Å². The summed E-state index contributed by atoms with van der Waals surface area (Å²) < 4.78 is 1.93. The number of fused-ring (bicyclic) bond motifs is 1. The lowest BCUT2D eigenvalue weighted by molar-refractivity contribution is 0.366. The fourth-order valence-electron chi connectivity index (χ4n) is 1.87. The zero-order valence-corrected chi connectivity index (χ0v) is 12.3. The molecule has 2 heterocycles. The van der Waals surface area contributed by atoms with Crippen LogP contribution in [0, 0.1) is 0 Å². The van der Waals surface area contributed by atoms with E-state index < -0.39 is 0 Å². The van der Waals surface area contributed by atoms with Gasteiger partial charge in [-0.1, -0.05) is 0 Å². The Balaban J connectivity index is 2.29. The topological polar surface area (TPSA) is 58.9 Å². The Morgan fingerprint density at radius 3 is 2.63 bits per heavy atom. The maximum atomic E-state index is 4.43. The molecule has 0 saturated carbocycles. The zero-order valence-electron chi connectivity index (χ0n) is 12.3. The number of hydrogen-bond acceptors (Lipinski definition) is 5. The van der Waals surface area contributed by atoms with Crippen LogP contribution in [0.5, 0.6) is 0 Å². The fraction of sp³-hybridized carbons (Fsp3) is 0.615. The normalized spacial score (nSPS) is 12.3. The number of nitrogens with zero attached hydrogens (tertiary/aromatic N) is 5. The van der Waals surface area contributed by atoms with E-state index in [4.69, 9.17) is 0 Å². The first-order valence-corrected chi connectivity index (χ1v) is 6.47. The van der Waals surface area contributed by atoms with Crippen molar-refractivity contribution >= 4 is 16.9 Å². The maximum absolute atomic E-state index is 4.43. The lowest BCUT2D eigenvalue weighted by Gasteiger charge is -2.19. The molecule has 0 saturated heterocycles. The minimum absolute atomic E-state index is 0.0863. The molecule has 1 N–H and O–H groups in total. The highest BCUT2D eigenvalue weighted by Gasteiger charge is 2.19. The highest BCUT2D eigenvalue weighted by atomic mass is 15.3. The average molecular weight is 262 g/mol. The molecular weight excluding hydrogens is 240 g/mol. The van der Waals surface area contributed by atoms with Crippen LogP contribution in [0.25, 0.3) is 11.0 Å². The molecule has 0 spiro atoms. The van der Waals surface area contributed by atoms with Crippen molar-refractivity contribution in [2.24, 2.45) is 0 Å². The van der Waals surface area contributed by atoms with Crippen LogP contribution in [-0.2, 0) is 5.54 Å². The van der Waals surface area contributed by atoms with Gasteiger partial charge in [0, 0.05) is 13.1 Å². The molecule has 2 aromatic rings. The van der Waals surface area contributed by atoms with Crippen LogP contribution < -0.4 is 5.32 Å². The zero-order chi connectivity index (χ0) is 14.0. The molecule has 0 bridgehead atoms. The SMILES string of the molecule is CN(C)CCNc1ncnc2c1cnn2C(C)(C)C. The van der Waals surface area contributed by atoms with E-state index in [1.54, 1.807) is 6.33 Å². The van der Waals surface area contributed by atoms with Gasteiger partial charge in [0.15, 0.2) is 5.65 Å². The summed E-state index contributed by atoms with van der Waals surface area (Å²) in [4.78, 5) is 10.8. The van der Waals surface area contributed by atoms with Crippen molar-refractivity contribution in [1.29, 1.82) is 0 Å². The minimum Gasteiger partial charge on any atom is -0.368 e. The molecule has 0 amide bonds. The lowest BCUT2D eigenvalue weighted by Crippen LogP contribution is -2.23. The second-order valence-corrected chi connectivity index (χ2v) is 5.92. The molecule has 0 aliphatic carbocycles. The van der Waals surface area contributed by atoms with Crippen LogP contribution in [0.4, 0.5) is 5.82 Å². The van der Waals surface area contributed by atoms with Gasteiger partial charge in [-0.2, -0.15) is 5.10 Å². The summed E-state index contributed by atoms with van der Waals surface area (Å²) in [6.45, 7) is 8.14. The van der Waals surface area contributed by atoms with Crippen molar-refractivity contribution in [2.45, 2.75) is 26.3 Å². The second kappa shape index (κ2) is 5.13. The Labute approximate surface area is 113 Å². The van der Waals surface area contributed by atoms with Gasteiger partial charge in [0.25, 0.3) is 0 Å². The van der Waals surface area contributed by atoms with Gasteiger partial charge in [-0.3, -0.25) is 0 Å². The first-order valence-electron chi connectivity index (χ1n) is 6.47. The van der Waals surface area contributed by atoms with Crippen molar-refractivity contribution in [3.05, 3.63) is 12.5 Å². The Morgan fingerprint density at radius 1 is 1.26 bits per heavy atom. The van der Waals surface area contributed by atoms with E-state index in [0.717, 1.165) is 29.9 Å². The van der Waals surface area contributed by atoms with Gasteiger partial charge >= 0.3 is 0 Å². The van der Waals surface area contributed by atoms with Gasteiger partial charge in [-0.05, 0) is 34.9 Å². The Kier molecular flexibility index (Phi) is 3.71. The number of nitrogens with one attached hydrogen (secondary N) is 1. The summed E-state index contributed by atoms with van der Waals surface area (Å²) >= 11 is 0. The van der Waals surface area contributed by atoms with Crippen molar-refractivity contribution in [1.82, 2.24) is 24.6 Å². The lowest BCUT2D eigenvalue weighted by atomic mass is 10.1. The molecule has 0 aliphatic heterocycles. The molecule has 2 aromatic heterocycles. The van der Waals surface area contributed by atoms with E-state index in [0.29, 0.717) is 0 Å². The van der Waals surface area contributed by atoms with E-state index in [1.807, 2.05) is 10.9 Å². The quantitative estimate of drug-likeness (QED) is 0.906. The van der Waals surface area contributed by atoms with Gasteiger partial charge in [0.1, 0.15) is 12.1 Å². The predicted molar refractivity (Wildman–Crippen MR) is 77.4 cm³/mol. The Hall–Kier alpha value is -1.69. The van der Waals surface area contributed by atoms with Crippen molar-refractivity contribution < 1.29 is 0 Å². The summed E-state index contributed by atoms with van der Waals surface area (Å²) in [6.07, 6.45) is 3.42. The van der Waals surface area contributed by atoms with Gasteiger partial charge in [0.2, 0.25) is 0 Å². The standard InChI is InChI=1S/C13H22N6/c1-13(2,3)19-12-10(8-17-19)11(15-9-16-12)14-6-7-18(4)5/h8-9H,6-7H2,1-5H3,(H,14,15,16). The van der Waals surface area contributed by atoms with Gasteiger partial charge < -0.3 is 10.2 Å². The van der Waals surface area contributed by atoms with Gasteiger partial charge in [-0.25, -0.2) is 14.6 Å². The van der Waals surface area contributed by atoms with E-state index in [2.05, 4.69) is 60.1 Å². The third kappa shape index (κ3) is 3.01. The molecular formula is C13H22N6. The minimum atomic E-state index is -0.0863. The van der Waals surface area contributed by atoms with Gasteiger partial charge in [0.05, 0.1) is 17.1 Å². The van der Waals surface area contributed by atoms with Crippen LogP contribution in [0.2, 0.25) is 0 Å². The van der Waals surface area contributed by atoms with Crippen molar-refractivity contribution in [2.75, 3.05) is 32.5 Å². The average Bonchev–Trinajstić information content (AvgIpc) is 2.72. The number of hydrogen-bond donors (Lipinski definition) is 1. The highest BCUT2D eigenvalue weighted by molar-refractivity contribution is 5.86. The van der Waals surface area contributed by atoms with Gasteiger partial charge in [-0.15, -0.1) is 0 Å².